The molecular weight excluding hydrogens is 360 g/mol. The molecule has 2 saturated carbocycles. The summed E-state index contributed by atoms with van der Waals surface area (Å²) in [5.41, 5.74) is 0. The number of nitrogens with one attached hydrogen (secondary N) is 2. The van der Waals surface area contributed by atoms with Gasteiger partial charge in [-0.3, -0.25) is 0 Å². The minimum absolute atomic E-state index is 0.384. The first-order valence-electron chi connectivity index (χ1n) is 7.06. The summed E-state index contributed by atoms with van der Waals surface area (Å²) in [6, 6.07) is 2.42. The van der Waals surface area contributed by atoms with Crippen LogP contribution in [0.2, 0.25) is 0 Å². The number of sulfonamides is 1. The summed E-state index contributed by atoms with van der Waals surface area (Å²) in [7, 11) is -3.38. The highest BCUT2D eigenvalue weighted by Crippen LogP contribution is 2.33. The van der Waals surface area contributed by atoms with E-state index in [4.69, 9.17) is 0 Å². The van der Waals surface area contributed by atoms with Gasteiger partial charge in [0.05, 0.1) is 3.79 Å². The van der Waals surface area contributed by atoms with Crippen molar-refractivity contribution in [2.24, 2.45) is 5.92 Å². The molecule has 0 unspecified atom stereocenters. The second-order valence-electron chi connectivity index (χ2n) is 5.65. The van der Waals surface area contributed by atoms with E-state index in [-0.39, 0.29) is 0 Å². The van der Waals surface area contributed by atoms with Crippen LogP contribution in [0, 0.1) is 5.92 Å². The summed E-state index contributed by atoms with van der Waals surface area (Å²) in [6.45, 7) is 1.33. The summed E-state index contributed by atoms with van der Waals surface area (Å²) >= 11 is 4.89. The zero-order chi connectivity index (χ0) is 14.2. The Balaban J connectivity index is 1.63. The van der Waals surface area contributed by atoms with Gasteiger partial charge in [-0.2, -0.15) is 0 Å². The molecule has 112 valence electrons. The fourth-order valence-electron chi connectivity index (χ4n) is 2.20. The lowest BCUT2D eigenvalue weighted by Gasteiger charge is -2.25. The van der Waals surface area contributed by atoms with E-state index in [2.05, 4.69) is 26.0 Å². The molecule has 2 aliphatic rings. The molecule has 2 N–H and O–H groups in total. The van der Waals surface area contributed by atoms with Crippen LogP contribution in [0.25, 0.3) is 0 Å². The molecule has 4 nitrogen and oxygen atoms in total. The van der Waals surface area contributed by atoms with Crippen LogP contribution in [0.5, 0.6) is 0 Å². The monoisotopic (exact) mass is 378 g/mol. The number of rotatable bonds is 7. The van der Waals surface area contributed by atoms with Crippen LogP contribution in [-0.4, -0.2) is 21.0 Å². The molecule has 7 heteroatoms. The maximum atomic E-state index is 12.3. The molecule has 0 radical (unpaired) electrons. The Labute approximate surface area is 132 Å². The van der Waals surface area contributed by atoms with Crippen molar-refractivity contribution in [3.63, 3.8) is 0 Å². The number of hydrogen-bond acceptors (Lipinski definition) is 4. The molecule has 0 amide bonds. The third kappa shape index (κ3) is 3.62. The van der Waals surface area contributed by atoms with Gasteiger partial charge in [-0.25, -0.2) is 13.1 Å². The summed E-state index contributed by atoms with van der Waals surface area (Å²) in [6.07, 6.45) is 5.99. The van der Waals surface area contributed by atoms with Crippen LogP contribution in [0.4, 0.5) is 0 Å². The van der Waals surface area contributed by atoms with Crippen molar-refractivity contribution in [3.05, 3.63) is 14.7 Å². The Morgan fingerprint density at radius 2 is 2.05 bits per heavy atom. The molecule has 2 fully saturated rings. The third-order valence-electron chi connectivity index (χ3n) is 3.93. The van der Waals surface area contributed by atoms with Crippen LogP contribution in [0.3, 0.4) is 0 Å². The Bertz CT molecular complexity index is 577. The van der Waals surface area contributed by atoms with Crippen molar-refractivity contribution >= 4 is 37.3 Å². The first-order valence-corrected chi connectivity index (χ1v) is 10.1. The Hall–Kier alpha value is 0.0500. The Kier molecular flexibility index (Phi) is 4.52. The Morgan fingerprint density at radius 3 is 2.65 bits per heavy atom. The van der Waals surface area contributed by atoms with Gasteiger partial charge in [-0.05, 0) is 53.6 Å². The van der Waals surface area contributed by atoms with Crippen molar-refractivity contribution in [1.82, 2.24) is 10.0 Å². The van der Waals surface area contributed by atoms with Crippen molar-refractivity contribution < 1.29 is 8.42 Å². The zero-order valence-electron chi connectivity index (χ0n) is 11.2. The summed E-state index contributed by atoms with van der Waals surface area (Å²) < 4.78 is 28.1. The molecule has 0 aliphatic heterocycles. The van der Waals surface area contributed by atoms with Crippen molar-refractivity contribution in [2.45, 2.75) is 49.6 Å². The SMILES string of the molecule is O=S(=O)(NCC1CCC1)c1cc(CNC2CC2)sc1Br. The van der Waals surface area contributed by atoms with E-state index in [9.17, 15) is 8.42 Å². The molecule has 0 saturated heterocycles. The standard InChI is InChI=1S/C13H19BrN2O2S2/c14-13-12(6-11(19-13)8-15-10-4-5-10)20(17,18)16-7-9-2-1-3-9/h6,9-10,15-16H,1-5,7-8H2. The molecule has 1 aromatic rings. The van der Waals surface area contributed by atoms with Gasteiger partial charge in [-0.15, -0.1) is 11.3 Å². The first-order chi connectivity index (χ1) is 9.54. The lowest BCUT2D eigenvalue weighted by molar-refractivity contribution is 0.316. The van der Waals surface area contributed by atoms with Gasteiger partial charge >= 0.3 is 0 Å². The molecule has 2 aliphatic carbocycles. The van der Waals surface area contributed by atoms with Gasteiger partial charge in [0.25, 0.3) is 0 Å². The predicted octanol–water partition coefficient (Wildman–Crippen LogP) is 2.84. The molecule has 0 aromatic carbocycles. The summed E-state index contributed by atoms with van der Waals surface area (Å²) in [4.78, 5) is 1.45. The van der Waals surface area contributed by atoms with Crippen molar-refractivity contribution in [2.75, 3.05) is 6.54 Å². The second-order valence-corrected chi connectivity index (χ2v) is 9.84. The fraction of sp³-hybridized carbons (Fsp3) is 0.692. The molecule has 0 atom stereocenters. The maximum absolute atomic E-state index is 12.3. The van der Waals surface area contributed by atoms with Gasteiger partial charge in [0.1, 0.15) is 4.90 Å². The van der Waals surface area contributed by atoms with Gasteiger partial charge in [-0.1, -0.05) is 6.42 Å². The highest BCUT2D eigenvalue weighted by Gasteiger charge is 2.25. The molecule has 0 spiro atoms. The third-order valence-corrected chi connectivity index (χ3v) is 7.60. The van der Waals surface area contributed by atoms with E-state index in [0.717, 1.165) is 24.3 Å². The van der Waals surface area contributed by atoms with E-state index >= 15 is 0 Å². The lowest BCUT2D eigenvalue weighted by atomic mass is 9.86. The normalized spacial score (nSPS) is 20.1. The minimum atomic E-state index is -3.38. The molecule has 3 rings (SSSR count). The van der Waals surface area contributed by atoms with E-state index in [0.29, 0.717) is 27.2 Å². The van der Waals surface area contributed by atoms with Crippen LogP contribution < -0.4 is 10.0 Å². The predicted molar refractivity (Wildman–Crippen MR) is 84.4 cm³/mol. The molecule has 1 aromatic heterocycles. The number of halogens is 1. The second kappa shape index (κ2) is 6.04. The van der Waals surface area contributed by atoms with Crippen LogP contribution in [-0.2, 0) is 16.6 Å². The summed E-state index contributed by atoms with van der Waals surface area (Å²) in [5, 5.41) is 3.41. The largest absolute Gasteiger partial charge is 0.309 e. The van der Waals surface area contributed by atoms with Crippen molar-refractivity contribution in [1.29, 1.82) is 0 Å². The molecule has 20 heavy (non-hydrogen) atoms. The topological polar surface area (TPSA) is 58.2 Å². The van der Waals surface area contributed by atoms with Crippen LogP contribution in [0.15, 0.2) is 14.7 Å². The highest BCUT2D eigenvalue weighted by atomic mass is 79.9. The average molecular weight is 379 g/mol. The number of hydrogen-bond donors (Lipinski definition) is 2. The van der Waals surface area contributed by atoms with E-state index in [1.165, 1.54) is 30.6 Å². The smallest absolute Gasteiger partial charge is 0.242 e. The quantitative estimate of drug-likeness (QED) is 0.766. The summed E-state index contributed by atoms with van der Waals surface area (Å²) in [5.74, 6) is 0.526. The Morgan fingerprint density at radius 1 is 1.30 bits per heavy atom. The van der Waals surface area contributed by atoms with E-state index < -0.39 is 10.0 Å². The maximum Gasteiger partial charge on any atom is 0.242 e. The highest BCUT2D eigenvalue weighted by molar-refractivity contribution is 9.11. The lowest BCUT2D eigenvalue weighted by Crippen LogP contribution is -2.32. The fourth-order valence-corrected chi connectivity index (χ4v) is 5.95. The van der Waals surface area contributed by atoms with Gasteiger partial charge in [0.15, 0.2) is 0 Å². The van der Waals surface area contributed by atoms with Crippen LogP contribution in [0.1, 0.15) is 37.0 Å². The zero-order valence-corrected chi connectivity index (χ0v) is 14.4. The average Bonchev–Trinajstić information content (AvgIpc) is 3.07. The van der Waals surface area contributed by atoms with Crippen LogP contribution >= 0.6 is 27.3 Å². The van der Waals surface area contributed by atoms with Crippen molar-refractivity contribution in [3.8, 4) is 0 Å². The van der Waals surface area contributed by atoms with Gasteiger partial charge in [0.2, 0.25) is 10.0 Å². The van der Waals surface area contributed by atoms with Gasteiger partial charge in [0, 0.05) is 24.0 Å². The number of thiophene rings is 1. The minimum Gasteiger partial charge on any atom is -0.309 e. The van der Waals surface area contributed by atoms with E-state index in [1.54, 1.807) is 6.07 Å². The first kappa shape index (κ1) is 15.0. The molecular formula is C13H19BrN2O2S2. The molecule has 0 bridgehead atoms. The van der Waals surface area contributed by atoms with Gasteiger partial charge < -0.3 is 5.32 Å². The molecule has 1 heterocycles. The van der Waals surface area contributed by atoms with E-state index in [1.807, 2.05) is 0 Å².